The molecular formula is C11H10N4O. The first-order valence-corrected chi connectivity index (χ1v) is 4.66. The molecule has 5 heteroatoms. The number of hydrogen-bond donors (Lipinski definition) is 1. The van der Waals surface area contributed by atoms with Crippen molar-refractivity contribution in [1.82, 2.24) is 9.78 Å². The molecule has 0 spiro atoms. The zero-order valence-corrected chi connectivity index (χ0v) is 8.71. The summed E-state index contributed by atoms with van der Waals surface area (Å²) in [7, 11) is 1.76. The Bertz CT molecular complexity index is 553. The number of benzene rings is 1. The number of anilines is 1. The topological polar surface area (TPSA) is 76.9 Å². The molecule has 0 saturated carbocycles. The molecule has 5 nitrogen and oxygen atoms in total. The number of aromatic nitrogens is 2. The van der Waals surface area contributed by atoms with E-state index in [1.165, 1.54) is 0 Å². The molecule has 2 rings (SSSR count). The maximum atomic E-state index is 8.74. The second-order valence-electron chi connectivity index (χ2n) is 3.30. The van der Waals surface area contributed by atoms with Crippen LogP contribution in [0, 0.1) is 11.3 Å². The zero-order chi connectivity index (χ0) is 11.5. The number of nitrogen functional groups attached to an aromatic ring is 1. The van der Waals surface area contributed by atoms with Crippen LogP contribution in [-0.4, -0.2) is 9.78 Å². The Kier molecular flexibility index (Phi) is 2.48. The van der Waals surface area contributed by atoms with Crippen LogP contribution < -0.4 is 10.5 Å². The van der Waals surface area contributed by atoms with Crippen molar-refractivity contribution in [3.63, 3.8) is 0 Å². The molecule has 0 bridgehead atoms. The van der Waals surface area contributed by atoms with Crippen molar-refractivity contribution in [3.8, 4) is 17.7 Å². The molecule has 0 atom stereocenters. The standard InChI is InChI=1S/C11H10N4O/c1-15-7-10(13)11(14-15)16-9-4-2-3-8(5-9)6-12/h2-5,7H,13H2,1H3. The third-order valence-electron chi connectivity index (χ3n) is 2.00. The van der Waals surface area contributed by atoms with E-state index in [9.17, 15) is 0 Å². The van der Waals surface area contributed by atoms with E-state index in [2.05, 4.69) is 5.10 Å². The summed E-state index contributed by atoms with van der Waals surface area (Å²) in [6.07, 6.45) is 1.66. The summed E-state index contributed by atoms with van der Waals surface area (Å²) in [4.78, 5) is 0. The maximum absolute atomic E-state index is 8.74. The minimum Gasteiger partial charge on any atom is -0.436 e. The van der Waals surface area contributed by atoms with Gasteiger partial charge in [-0.05, 0) is 18.2 Å². The van der Waals surface area contributed by atoms with Gasteiger partial charge in [-0.25, -0.2) is 0 Å². The molecule has 1 aromatic heterocycles. The number of ether oxygens (including phenoxy) is 1. The molecule has 2 aromatic rings. The van der Waals surface area contributed by atoms with Gasteiger partial charge < -0.3 is 10.5 Å². The molecule has 0 amide bonds. The van der Waals surface area contributed by atoms with E-state index < -0.39 is 0 Å². The van der Waals surface area contributed by atoms with Crippen molar-refractivity contribution < 1.29 is 4.74 Å². The molecule has 1 heterocycles. The van der Waals surface area contributed by atoms with Gasteiger partial charge in [-0.1, -0.05) is 6.07 Å². The molecule has 1 aromatic carbocycles. The molecule has 0 aliphatic heterocycles. The van der Waals surface area contributed by atoms with Crippen LogP contribution >= 0.6 is 0 Å². The minimum atomic E-state index is 0.345. The van der Waals surface area contributed by atoms with Crippen molar-refractivity contribution in [2.24, 2.45) is 7.05 Å². The monoisotopic (exact) mass is 214 g/mol. The van der Waals surface area contributed by atoms with Crippen LogP contribution in [0.5, 0.6) is 11.6 Å². The highest BCUT2D eigenvalue weighted by atomic mass is 16.5. The van der Waals surface area contributed by atoms with Crippen molar-refractivity contribution >= 4 is 5.69 Å². The lowest BCUT2D eigenvalue weighted by Crippen LogP contribution is -1.91. The Morgan fingerprint density at radius 3 is 2.94 bits per heavy atom. The summed E-state index contributed by atoms with van der Waals surface area (Å²) < 4.78 is 7.03. The van der Waals surface area contributed by atoms with E-state index >= 15 is 0 Å². The van der Waals surface area contributed by atoms with E-state index in [1.807, 2.05) is 6.07 Å². The number of nitrogens with zero attached hydrogens (tertiary/aromatic N) is 3. The van der Waals surface area contributed by atoms with E-state index in [4.69, 9.17) is 15.7 Å². The first-order valence-electron chi connectivity index (χ1n) is 4.66. The Balaban J connectivity index is 2.27. The van der Waals surface area contributed by atoms with Gasteiger partial charge in [0.2, 0.25) is 0 Å². The largest absolute Gasteiger partial charge is 0.436 e. The number of hydrogen-bond acceptors (Lipinski definition) is 4. The summed E-state index contributed by atoms with van der Waals surface area (Å²) in [6, 6.07) is 8.86. The molecular weight excluding hydrogens is 204 g/mol. The fourth-order valence-electron chi connectivity index (χ4n) is 1.31. The van der Waals surface area contributed by atoms with Crippen LogP contribution in [0.3, 0.4) is 0 Å². The maximum Gasteiger partial charge on any atom is 0.261 e. The van der Waals surface area contributed by atoms with Gasteiger partial charge in [-0.3, -0.25) is 4.68 Å². The molecule has 0 unspecified atom stereocenters. The number of aryl methyl sites for hydroxylation is 1. The third-order valence-corrected chi connectivity index (χ3v) is 2.00. The predicted molar refractivity (Wildman–Crippen MR) is 58.9 cm³/mol. The number of nitrogens with two attached hydrogens (primary N) is 1. The highest BCUT2D eigenvalue weighted by molar-refractivity contribution is 5.48. The van der Waals surface area contributed by atoms with Gasteiger partial charge in [0.15, 0.2) is 0 Å². The van der Waals surface area contributed by atoms with E-state index in [0.717, 1.165) is 0 Å². The lowest BCUT2D eigenvalue weighted by Gasteiger charge is -2.02. The first-order chi connectivity index (χ1) is 7.69. The highest BCUT2D eigenvalue weighted by Crippen LogP contribution is 2.25. The Morgan fingerprint density at radius 1 is 1.50 bits per heavy atom. The van der Waals surface area contributed by atoms with E-state index in [1.54, 1.807) is 42.2 Å². The van der Waals surface area contributed by atoms with Gasteiger partial charge in [0.25, 0.3) is 5.88 Å². The van der Waals surface area contributed by atoms with Crippen LogP contribution in [0.1, 0.15) is 5.56 Å². The van der Waals surface area contributed by atoms with Crippen LogP contribution in [-0.2, 0) is 7.05 Å². The summed E-state index contributed by atoms with van der Waals surface area (Å²) >= 11 is 0. The second kappa shape index (κ2) is 3.95. The van der Waals surface area contributed by atoms with Gasteiger partial charge in [-0.2, -0.15) is 5.26 Å². The predicted octanol–water partition coefficient (Wildman–Crippen LogP) is 1.67. The van der Waals surface area contributed by atoms with Crippen molar-refractivity contribution in [3.05, 3.63) is 36.0 Å². The fraction of sp³-hybridized carbons (Fsp3) is 0.0909. The molecule has 16 heavy (non-hydrogen) atoms. The second-order valence-corrected chi connectivity index (χ2v) is 3.30. The SMILES string of the molecule is Cn1cc(N)c(Oc2cccc(C#N)c2)n1. The summed E-state index contributed by atoms with van der Waals surface area (Å²) in [5, 5.41) is 12.8. The molecule has 0 aliphatic rings. The molecule has 0 fully saturated rings. The average molecular weight is 214 g/mol. The quantitative estimate of drug-likeness (QED) is 0.824. The third kappa shape index (κ3) is 1.96. The van der Waals surface area contributed by atoms with Gasteiger partial charge >= 0.3 is 0 Å². The van der Waals surface area contributed by atoms with Crippen molar-refractivity contribution in [2.45, 2.75) is 0 Å². The van der Waals surface area contributed by atoms with Gasteiger partial charge in [0.1, 0.15) is 11.4 Å². The molecule has 80 valence electrons. The minimum absolute atomic E-state index is 0.345. The van der Waals surface area contributed by atoms with Gasteiger partial charge in [0, 0.05) is 7.05 Å². The molecule has 0 saturated heterocycles. The average Bonchev–Trinajstić information content (AvgIpc) is 2.58. The van der Waals surface area contributed by atoms with E-state index in [0.29, 0.717) is 22.9 Å². The van der Waals surface area contributed by atoms with Crippen LogP contribution in [0.15, 0.2) is 30.5 Å². The molecule has 0 radical (unpaired) electrons. The van der Waals surface area contributed by atoms with Crippen LogP contribution in [0.4, 0.5) is 5.69 Å². The van der Waals surface area contributed by atoms with Crippen molar-refractivity contribution in [1.29, 1.82) is 5.26 Å². The normalized spacial score (nSPS) is 9.75. The van der Waals surface area contributed by atoms with Gasteiger partial charge in [-0.15, -0.1) is 5.10 Å². The van der Waals surface area contributed by atoms with E-state index in [-0.39, 0.29) is 0 Å². The molecule has 0 aliphatic carbocycles. The van der Waals surface area contributed by atoms with Crippen LogP contribution in [0.25, 0.3) is 0 Å². The summed E-state index contributed by atoms with van der Waals surface area (Å²) in [5.41, 5.74) is 6.68. The fourth-order valence-corrected chi connectivity index (χ4v) is 1.31. The highest BCUT2D eigenvalue weighted by Gasteiger charge is 2.06. The lowest BCUT2D eigenvalue weighted by atomic mass is 10.2. The summed E-state index contributed by atoms with van der Waals surface area (Å²) in [5.74, 6) is 0.891. The first kappa shape index (κ1) is 10.1. The van der Waals surface area contributed by atoms with Gasteiger partial charge in [0.05, 0.1) is 17.8 Å². The Labute approximate surface area is 92.7 Å². The zero-order valence-electron chi connectivity index (χ0n) is 8.71. The Hall–Kier alpha value is -2.48. The number of rotatable bonds is 2. The molecule has 2 N–H and O–H groups in total. The van der Waals surface area contributed by atoms with Crippen LogP contribution in [0.2, 0.25) is 0 Å². The Morgan fingerprint density at radius 2 is 2.31 bits per heavy atom. The van der Waals surface area contributed by atoms with Crippen molar-refractivity contribution in [2.75, 3.05) is 5.73 Å². The smallest absolute Gasteiger partial charge is 0.261 e. The summed E-state index contributed by atoms with van der Waals surface area (Å²) in [6.45, 7) is 0. The number of nitriles is 1. The lowest BCUT2D eigenvalue weighted by molar-refractivity contribution is 0.456.